The molecule has 0 aromatic carbocycles. The Kier molecular flexibility index (Phi) is 3.76. The van der Waals surface area contributed by atoms with Crippen molar-refractivity contribution in [3.8, 4) is 12.3 Å². The monoisotopic (exact) mass is 209 g/mol. The number of likely N-dealkylation sites (tertiary alicyclic amines) is 1. The summed E-state index contributed by atoms with van der Waals surface area (Å²) in [5, 5.41) is 9.15. The molecular weight excluding hydrogens is 190 g/mol. The van der Waals surface area contributed by atoms with E-state index in [2.05, 4.69) is 10.8 Å². The van der Waals surface area contributed by atoms with Crippen LogP contribution >= 0.6 is 0 Å². The van der Waals surface area contributed by atoms with E-state index in [9.17, 15) is 4.79 Å². The van der Waals surface area contributed by atoms with Crippen molar-refractivity contribution in [3.05, 3.63) is 0 Å². The highest BCUT2D eigenvalue weighted by molar-refractivity contribution is 5.74. The Labute approximate surface area is 91.5 Å². The van der Waals surface area contributed by atoms with Crippen molar-refractivity contribution in [2.75, 3.05) is 19.6 Å². The van der Waals surface area contributed by atoms with Gasteiger partial charge in [-0.15, -0.1) is 6.42 Å². The summed E-state index contributed by atoms with van der Waals surface area (Å²) in [7, 11) is 0. The summed E-state index contributed by atoms with van der Waals surface area (Å²) < 4.78 is 0. The van der Waals surface area contributed by atoms with Crippen molar-refractivity contribution in [2.45, 2.75) is 26.7 Å². The van der Waals surface area contributed by atoms with Crippen LogP contribution in [-0.4, -0.2) is 35.6 Å². The fraction of sp³-hybridized carbons (Fsp3) is 0.750. The topological polar surface area (TPSA) is 40.5 Å². The summed E-state index contributed by atoms with van der Waals surface area (Å²) in [5.74, 6) is 2.11. The summed E-state index contributed by atoms with van der Waals surface area (Å²) in [6, 6.07) is 0. The van der Waals surface area contributed by atoms with Gasteiger partial charge in [0.05, 0.1) is 12.0 Å². The molecule has 1 saturated heterocycles. The molecule has 1 aliphatic heterocycles. The van der Waals surface area contributed by atoms with Gasteiger partial charge in [-0.2, -0.15) is 0 Å². The zero-order chi connectivity index (χ0) is 11.5. The van der Waals surface area contributed by atoms with Crippen LogP contribution in [0.5, 0.6) is 0 Å². The fourth-order valence-corrected chi connectivity index (χ4v) is 2.09. The van der Waals surface area contributed by atoms with Gasteiger partial charge in [-0.3, -0.25) is 9.69 Å². The van der Waals surface area contributed by atoms with E-state index in [-0.39, 0.29) is 5.92 Å². The molecule has 1 fully saturated rings. The Morgan fingerprint density at radius 2 is 2.33 bits per heavy atom. The number of hydrogen-bond acceptors (Lipinski definition) is 2. The molecular formula is C12H19NO2. The first kappa shape index (κ1) is 12.1. The number of carboxylic acid groups (broad SMARTS) is 1. The van der Waals surface area contributed by atoms with E-state index < -0.39 is 11.4 Å². The Balaban J connectivity index is 2.64. The molecule has 1 N–H and O–H groups in total. The summed E-state index contributed by atoms with van der Waals surface area (Å²) in [5.41, 5.74) is -0.646. The molecule has 1 unspecified atom stereocenters. The van der Waals surface area contributed by atoms with E-state index >= 15 is 0 Å². The van der Waals surface area contributed by atoms with Crippen LogP contribution < -0.4 is 0 Å². The van der Waals surface area contributed by atoms with Gasteiger partial charge >= 0.3 is 5.97 Å². The van der Waals surface area contributed by atoms with Crippen molar-refractivity contribution < 1.29 is 9.90 Å². The largest absolute Gasteiger partial charge is 0.481 e. The second-order valence-corrected chi connectivity index (χ2v) is 4.81. The highest BCUT2D eigenvalue weighted by Gasteiger charge is 2.38. The average molecular weight is 209 g/mol. The molecule has 1 rings (SSSR count). The van der Waals surface area contributed by atoms with Gasteiger partial charge in [0.25, 0.3) is 0 Å². The highest BCUT2D eigenvalue weighted by atomic mass is 16.4. The zero-order valence-corrected chi connectivity index (χ0v) is 9.49. The number of terminal acetylenes is 1. The van der Waals surface area contributed by atoms with Gasteiger partial charge in [0, 0.05) is 6.54 Å². The van der Waals surface area contributed by atoms with Crippen LogP contribution in [0.4, 0.5) is 0 Å². The number of carbonyl (C=O) groups is 1. The van der Waals surface area contributed by atoms with E-state index in [1.165, 1.54) is 0 Å². The minimum Gasteiger partial charge on any atom is -0.481 e. The molecule has 0 aliphatic carbocycles. The Morgan fingerprint density at radius 1 is 1.67 bits per heavy atom. The number of piperidine rings is 1. The molecule has 3 nitrogen and oxygen atoms in total. The SMILES string of the molecule is C#CCN1CCCC(C(C)(C)C(=O)O)C1. The predicted molar refractivity (Wildman–Crippen MR) is 59.4 cm³/mol. The average Bonchev–Trinajstić information content (AvgIpc) is 2.18. The van der Waals surface area contributed by atoms with E-state index in [0.29, 0.717) is 6.54 Å². The number of carboxylic acids is 1. The van der Waals surface area contributed by atoms with Crippen molar-refractivity contribution in [2.24, 2.45) is 11.3 Å². The molecule has 1 heterocycles. The smallest absolute Gasteiger partial charge is 0.309 e. The molecule has 0 saturated carbocycles. The van der Waals surface area contributed by atoms with Gasteiger partial charge in [0.2, 0.25) is 0 Å². The first-order valence-corrected chi connectivity index (χ1v) is 5.37. The third-order valence-corrected chi connectivity index (χ3v) is 3.39. The summed E-state index contributed by atoms with van der Waals surface area (Å²) in [6.45, 7) is 6.05. The van der Waals surface area contributed by atoms with Gasteiger partial charge < -0.3 is 5.11 Å². The third kappa shape index (κ3) is 2.73. The van der Waals surface area contributed by atoms with Crippen molar-refractivity contribution in [1.29, 1.82) is 0 Å². The second-order valence-electron chi connectivity index (χ2n) is 4.81. The van der Waals surface area contributed by atoms with E-state index in [1.807, 2.05) is 0 Å². The van der Waals surface area contributed by atoms with Crippen LogP contribution in [0.25, 0.3) is 0 Å². The second kappa shape index (κ2) is 4.67. The van der Waals surface area contributed by atoms with E-state index in [1.54, 1.807) is 13.8 Å². The normalized spacial score (nSPS) is 23.4. The molecule has 0 aromatic rings. The van der Waals surface area contributed by atoms with Gasteiger partial charge in [-0.25, -0.2) is 0 Å². The number of hydrogen-bond donors (Lipinski definition) is 1. The molecule has 15 heavy (non-hydrogen) atoms. The van der Waals surface area contributed by atoms with Crippen molar-refractivity contribution in [3.63, 3.8) is 0 Å². The molecule has 0 bridgehead atoms. The Hall–Kier alpha value is -1.01. The standard InChI is InChI=1S/C12H19NO2/c1-4-7-13-8-5-6-10(9-13)12(2,3)11(14)15/h1,10H,5-9H2,2-3H3,(H,14,15). The van der Waals surface area contributed by atoms with Crippen LogP contribution in [-0.2, 0) is 4.79 Å². The van der Waals surface area contributed by atoms with Gasteiger partial charge in [-0.1, -0.05) is 5.92 Å². The summed E-state index contributed by atoms with van der Waals surface area (Å²) in [4.78, 5) is 13.3. The molecule has 3 heteroatoms. The quantitative estimate of drug-likeness (QED) is 0.715. The Bertz CT molecular complexity index is 278. The van der Waals surface area contributed by atoms with E-state index in [4.69, 9.17) is 11.5 Å². The zero-order valence-electron chi connectivity index (χ0n) is 9.49. The lowest BCUT2D eigenvalue weighted by Gasteiger charge is -2.38. The number of aliphatic carboxylic acids is 1. The lowest BCUT2D eigenvalue weighted by molar-refractivity contribution is -0.151. The molecule has 0 aromatic heterocycles. The molecule has 84 valence electrons. The molecule has 0 radical (unpaired) electrons. The number of rotatable bonds is 3. The van der Waals surface area contributed by atoms with Crippen LogP contribution in [0.3, 0.4) is 0 Å². The highest BCUT2D eigenvalue weighted by Crippen LogP contribution is 2.33. The minimum atomic E-state index is -0.713. The number of nitrogens with zero attached hydrogens (tertiary/aromatic N) is 1. The Morgan fingerprint density at radius 3 is 2.87 bits per heavy atom. The van der Waals surface area contributed by atoms with Crippen LogP contribution in [0.2, 0.25) is 0 Å². The minimum absolute atomic E-state index is 0.206. The maximum Gasteiger partial charge on any atom is 0.309 e. The fourth-order valence-electron chi connectivity index (χ4n) is 2.09. The summed E-state index contributed by atoms with van der Waals surface area (Å²) in [6.07, 6.45) is 7.30. The van der Waals surface area contributed by atoms with Crippen LogP contribution in [0.15, 0.2) is 0 Å². The third-order valence-electron chi connectivity index (χ3n) is 3.39. The first-order valence-electron chi connectivity index (χ1n) is 5.37. The van der Waals surface area contributed by atoms with Gasteiger partial charge in [-0.05, 0) is 39.2 Å². The maximum absolute atomic E-state index is 11.1. The first-order chi connectivity index (χ1) is 6.98. The predicted octanol–water partition coefficient (Wildman–Crippen LogP) is 1.44. The summed E-state index contributed by atoms with van der Waals surface area (Å²) >= 11 is 0. The maximum atomic E-state index is 11.1. The van der Waals surface area contributed by atoms with E-state index in [0.717, 1.165) is 25.9 Å². The molecule has 0 amide bonds. The van der Waals surface area contributed by atoms with Crippen molar-refractivity contribution >= 4 is 5.97 Å². The molecule has 1 aliphatic rings. The molecule has 1 atom stereocenters. The van der Waals surface area contributed by atoms with Gasteiger partial charge in [0.15, 0.2) is 0 Å². The molecule has 0 spiro atoms. The van der Waals surface area contributed by atoms with Crippen LogP contribution in [0.1, 0.15) is 26.7 Å². The van der Waals surface area contributed by atoms with Gasteiger partial charge in [0.1, 0.15) is 0 Å². The lowest BCUT2D eigenvalue weighted by atomic mass is 9.74. The van der Waals surface area contributed by atoms with Crippen molar-refractivity contribution in [1.82, 2.24) is 4.90 Å². The van der Waals surface area contributed by atoms with Crippen LogP contribution in [0, 0.1) is 23.7 Å². The lowest BCUT2D eigenvalue weighted by Crippen LogP contribution is -2.44.